The van der Waals surface area contributed by atoms with Crippen molar-refractivity contribution in [2.45, 2.75) is 18.9 Å². The van der Waals surface area contributed by atoms with Gasteiger partial charge in [0.25, 0.3) is 0 Å². The Morgan fingerprint density at radius 1 is 1.12 bits per heavy atom. The molecule has 1 atom stereocenters. The smallest absolute Gasteiger partial charge is 0.227 e. The van der Waals surface area contributed by atoms with Crippen molar-refractivity contribution in [2.75, 3.05) is 11.4 Å². The first-order chi connectivity index (χ1) is 11.8. The van der Waals surface area contributed by atoms with Crippen LogP contribution in [0.15, 0.2) is 54.6 Å². The largest absolute Gasteiger partial charge is 0.316 e. The van der Waals surface area contributed by atoms with Gasteiger partial charge in [0.1, 0.15) is 5.82 Å². The van der Waals surface area contributed by atoms with Gasteiger partial charge in [-0.05, 0) is 24.3 Å². The van der Waals surface area contributed by atoms with Crippen LogP contribution >= 0.6 is 0 Å². The number of para-hydroxylation sites is 3. The molecule has 4 nitrogen and oxygen atoms in total. The molecule has 4 rings (SSSR count). The van der Waals surface area contributed by atoms with Crippen LogP contribution in [-0.4, -0.2) is 22.0 Å². The van der Waals surface area contributed by atoms with Crippen molar-refractivity contribution in [3.05, 3.63) is 60.4 Å². The molecule has 0 bridgehead atoms. The Kier molecular flexibility index (Phi) is 3.55. The van der Waals surface area contributed by atoms with Gasteiger partial charge in [0.15, 0.2) is 0 Å². The minimum atomic E-state index is 0.0541. The van der Waals surface area contributed by atoms with Crippen molar-refractivity contribution in [2.24, 2.45) is 0 Å². The van der Waals surface area contributed by atoms with Gasteiger partial charge in [0.05, 0.1) is 17.6 Å². The van der Waals surface area contributed by atoms with Crippen LogP contribution in [0.25, 0.3) is 11.0 Å². The fraction of sp³-hybridized carbons (Fsp3) is 0.200. The van der Waals surface area contributed by atoms with Gasteiger partial charge in [-0.3, -0.25) is 4.79 Å². The summed E-state index contributed by atoms with van der Waals surface area (Å²) in [5.41, 5.74) is 2.88. The Labute approximate surface area is 140 Å². The molecule has 1 fully saturated rings. The summed E-state index contributed by atoms with van der Waals surface area (Å²) in [7, 11) is 0. The Bertz CT molecular complexity index is 936. The van der Waals surface area contributed by atoms with Crippen molar-refractivity contribution >= 4 is 22.6 Å². The fourth-order valence-electron chi connectivity index (χ4n) is 3.40. The number of hydrogen-bond donors (Lipinski definition) is 0. The van der Waals surface area contributed by atoms with Crippen molar-refractivity contribution < 1.29 is 4.79 Å². The standard InChI is InChI=1S/C20H17N3O/c1-2-12-22-18-11-7-6-10-17(18)21-20(22)15-13-19(24)23(14-15)16-8-4-3-5-9-16/h1,3-11,15H,12-14H2/t15-/m0/s1. The lowest BCUT2D eigenvalue weighted by atomic mass is 10.1. The summed E-state index contributed by atoms with van der Waals surface area (Å²) >= 11 is 0. The number of benzene rings is 2. The summed E-state index contributed by atoms with van der Waals surface area (Å²) in [6.07, 6.45) is 6.01. The molecule has 0 aliphatic carbocycles. The molecule has 1 aliphatic heterocycles. The lowest BCUT2D eigenvalue weighted by Crippen LogP contribution is -2.24. The number of anilines is 1. The second-order valence-corrected chi connectivity index (χ2v) is 5.99. The molecule has 0 radical (unpaired) electrons. The number of amides is 1. The third kappa shape index (κ3) is 2.35. The van der Waals surface area contributed by atoms with Crippen molar-refractivity contribution in [3.63, 3.8) is 0 Å². The molecule has 3 aromatic rings. The monoisotopic (exact) mass is 315 g/mol. The Morgan fingerprint density at radius 3 is 2.67 bits per heavy atom. The summed E-state index contributed by atoms with van der Waals surface area (Å²) in [5, 5.41) is 0. The molecule has 2 heterocycles. The average Bonchev–Trinajstić information content (AvgIpc) is 3.17. The number of carbonyl (C=O) groups is 1. The van der Waals surface area contributed by atoms with Crippen LogP contribution in [0, 0.1) is 12.3 Å². The predicted octanol–water partition coefficient (Wildman–Crippen LogP) is 3.19. The number of imidazole rings is 1. The first-order valence-corrected chi connectivity index (χ1v) is 8.02. The van der Waals surface area contributed by atoms with E-state index in [4.69, 9.17) is 11.4 Å². The maximum absolute atomic E-state index is 12.5. The maximum Gasteiger partial charge on any atom is 0.227 e. The van der Waals surface area contributed by atoms with E-state index in [0.717, 1.165) is 22.5 Å². The molecule has 1 aromatic heterocycles. The topological polar surface area (TPSA) is 38.1 Å². The van der Waals surface area contributed by atoms with Gasteiger partial charge < -0.3 is 9.47 Å². The van der Waals surface area contributed by atoms with E-state index in [1.165, 1.54) is 0 Å². The van der Waals surface area contributed by atoms with Crippen molar-refractivity contribution in [1.82, 2.24) is 9.55 Å². The number of rotatable bonds is 3. The quantitative estimate of drug-likeness (QED) is 0.696. The first-order valence-electron chi connectivity index (χ1n) is 8.02. The molecule has 1 saturated heterocycles. The van der Waals surface area contributed by atoms with Gasteiger partial charge in [0.2, 0.25) is 5.91 Å². The number of nitrogens with zero attached hydrogens (tertiary/aromatic N) is 3. The number of carbonyl (C=O) groups excluding carboxylic acids is 1. The highest BCUT2D eigenvalue weighted by Gasteiger charge is 2.34. The molecular weight excluding hydrogens is 298 g/mol. The molecule has 0 saturated carbocycles. The highest BCUT2D eigenvalue weighted by molar-refractivity contribution is 5.96. The summed E-state index contributed by atoms with van der Waals surface area (Å²) in [4.78, 5) is 19.1. The summed E-state index contributed by atoms with van der Waals surface area (Å²) < 4.78 is 2.06. The summed E-state index contributed by atoms with van der Waals surface area (Å²) in [5.74, 6) is 3.79. The van der Waals surface area contributed by atoms with Crippen LogP contribution in [0.2, 0.25) is 0 Å². The van der Waals surface area contributed by atoms with E-state index >= 15 is 0 Å². The zero-order valence-electron chi connectivity index (χ0n) is 13.2. The summed E-state index contributed by atoms with van der Waals surface area (Å²) in [6, 6.07) is 17.7. The fourth-order valence-corrected chi connectivity index (χ4v) is 3.40. The number of hydrogen-bond acceptors (Lipinski definition) is 2. The third-order valence-corrected chi connectivity index (χ3v) is 4.49. The lowest BCUT2D eigenvalue weighted by molar-refractivity contribution is -0.117. The predicted molar refractivity (Wildman–Crippen MR) is 94.7 cm³/mol. The highest BCUT2D eigenvalue weighted by atomic mass is 16.2. The van der Waals surface area contributed by atoms with Gasteiger partial charge >= 0.3 is 0 Å². The van der Waals surface area contributed by atoms with Crippen LogP contribution < -0.4 is 4.90 Å². The maximum atomic E-state index is 12.5. The molecule has 4 heteroatoms. The van der Waals surface area contributed by atoms with Crippen LogP contribution in [0.3, 0.4) is 0 Å². The Morgan fingerprint density at radius 2 is 1.88 bits per heavy atom. The molecule has 0 N–H and O–H groups in total. The van der Waals surface area contributed by atoms with Crippen LogP contribution in [0.4, 0.5) is 5.69 Å². The van der Waals surface area contributed by atoms with Gasteiger partial charge in [-0.25, -0.2) is 4.98 Å². The van der Waals surface area contributed by atoms with Gasteiger partial charge in [-0.15, -0.1) is 6.42 Å². The lowest BCUT2D eigenvalue weighted by Gasteiger charge is -2.16. The second kappa shape index (κ2) is 5.86. The molecule has 0 unspecified atom stereocenters. The third-order valence-electron chi connectivity index (χ3n) is 4.49. The Balaban J connectivity index is 1.72. The molecule has 118 valence electrons. The second-order valence-electron chi connectivity index (χ2n) is 5.99. The molecule has 0 spiro atoms. The van der Waals surface area contributed by atoms with Crippen molar-refractivity contribution in [3.8, 4) is 12.3 Å². The SMILES string of the molecule is C#CCn1c([C@H]2CC(=O)N(c3ccccc3)C2)nc2ccccc21. The van der Waals surface area contributed by atoms with Crippen molar-refractivity contribution in [1.29, 1.82) is 0 Å². The minimum Gasteiger partial charge on any atom is -0.316 e. The average molecular weight is 315 g/mol. The van der Waals surface area contributed by atoms with E-state index in [0.29, 0.717) is 19.5 Å². The Hall–Kier alpha value is -3.06. The highest BCUT2D eigenvalue weighted by Crippen LogP contribution is 2.32. The van der Waals surface area contributed by atoms with Crippen LogP contribution in [0.5, 0.6) is 0 Å². The van der Waals surface area contributed by atoms with E-state index in [1.54, 1.807) is 0 Å². The first kappa shape index (κ1) is 14.5. The minimum absolute atomic E-state index is 0.0541. The molecule has 1 aliphatic rings. The van der Waals surface area contributed by atoms with Crippen LogP contribution in [0.1, 0.15) is 18.2 Å². The van der Waals surface area contributed by atoms with Gasteiger partial charge in [-0.1, -0.05) is 36.3 Å². The zero-order chi connectivity index (χ0) is 16.5. The number of fused-ring (bicyclic) bond motifs is 1. The zero-order valence-corrected chi connectivity index (χ0v) is 13.2. The van der Waals surface area contributed by atoms with Crippen LogP contribution in [-0.2, 0) is 11.3 Å². The van der Waals surface area contributed by atoms with E-state index in [2.05, 4.69) is 10.5 Å². The molecule has 1 amide bonds. The molecule has 2 aromatic carbocycles. The normalized spacial score (nSPS) is 17.4. The van der Waals surface area contributed by atoms with E-state index in [1.807, 2.05) is 59.5 Å². The summed E-state index contributed by atoms with van der Waals surface area (Å²) in [6.45, 7) is 1.10. The molecular formula is C20H17N3O. The number of terminal acetylenes is 1. The van der Waals surface area contributed by atoms with Gasteiger partial charge in [-0.2, -0.15) is 0 Å². The van der Waals surface area contributed by atoms with Gasteiger partial charge in [0, 0.05) is 24.6 Å². The van der Waals surface area contributed by atoms with E-state index in [-0.39, 0.29) is 11.8 Å². The molecule has 24 heavy (non-hydrogen) atoms. The number of aromatic nitrogens is 2. The van der Waals surface area contributed by atoms with E-state index in [9.17, 15) is 4.79 Å². The van der Waals surface area contributed by atoms with E-state index < -0.39 is 0 Å².